The van der Waals surface area contributed by atoms with Crippen molar-refractivity contribution in [3.8, 4) is 0 Å². The molecule has 0 saturated heterocycles. The molecule has 180 valence electrons. The fourth-order valence-electron chi connectivity index (χ4n) is 4.62. The van der Waals surface area contributed by atoms with Crippen molar-refractivity contribution >= 4 is 17.4 Å². The van der Waals surface area contributed by atoms with Crippen molar-refractivity contribution in [3.05, 3.63) is 47.3 Å². The minimum absolute atomic E-state index is 0.0429. The number of aromatic nitrogens is 2. The third kappa shape index (κ3) is 7.00. The Labute approximate surface area is 193 Å². The van der Waals surface area contributed by atoms with Crippen molar-refractivity contribution < 1.29 is 18.0 Å². The molecule has 33 heavy (non-hydrogen) atoms. The summed E-state index contributed by atoms with van der Waals surface area (Å²) in [5.74, 6) is 0.211. The zero-order chi connectivity index (χ0) is 24.2. The molecule has 0 bridgehead atoms. The number of hydrogen-bond donors (Lipinski definition) is 1. The van der Waals surface area contributed by atoms with Crippen LogP contribution in [0.3, 0.4) is 0 Å². The van der Waals surface area contributed by atoms with Crippen LogP contribution in [0.5, 0.6) is 0 Å². The molecule has 8 heteroatoms. The largest absolute Gasteiger partial charge is 0.419 e. The maximum absolute atomic E-state index is 13.7. The number of ketones is 1. The van der Waals surface area contributed by atoms with E-state index in [1.165, 1.54) is 0 Å². The number of nitrogens with one attached hydrogen (secondary N) is 1. The minimum Gasteiger partial charge on any atom is -0.324 e. The number of anilines is 2. The third-order valence-corrected chi connectivity index (χ3v) is 5.99. The molecule has 1 aromatic heterocycles. The standard InChI is InChI=1S/C25H33F3N4O/c1-16(2)11-23(33)20-10-6-8-18(20)13-22-21(25(26,27)28)14-29-24(31-22)30-19-9-5-7-17(12-19)15-32(3)4/h5,7,9,12,14,16,18,20H,6,8,10-11,13,15H2,1-4H3,(H,29,30,31)/t18-,20-/m0/s1. The van der Waals surface area contributed by atoms with Crippen molar-refractivity contribution in [2.24, 2.45) is 17.8 Å². The van der Waals surface area contributed by atoms with Gasteiger partial charge in [0.1, 0.15) is 5.78 Å². The molecule has 1 N–H and O–H groups in total. The summed E-state index contributed by atoms with van der Waals surface area (Å²) >= 11 is 0. The second-order valence-corrected chi connectivity index (χ2v) is 9.68. The van der Waals surface area contributed by atoms with E-state index in [0.717, 1.165) is 37.6 Å². The number of halogens is 3. The summed E-state index contributed by atoms with van der Waals surface area (Å²) in [5, 5.41) is 3.05. The van der Waals surface area contributed by atoms with Gasteiger partial charge in [-0.2, -0.15) is 13.2 Å². The van der Waals surface area contributed by atoms with Crippen LogP contribution in [-0.4, -0.2) is 34.7 Å². The van der Waals surface area contributed by atoms with Crippen LogP contribution < -0.4 is 5.32 Å². The van der Waals surface area contributed by atoms with Gasteiger partial charge in [0.15, 0.2) is 0 Å². The highest BCUT2D eigenvalue weighted by Crippen LogP contribution is 2.39. The Bertz CT molecular complexity index is 959. The van der Waals surface area contributed by atoms with E-state index in [4.69, 9.17) is 0 Å². The summed E-state index contributed by atoms with van der Waals surface area (Å²) in [5.41, 5.74) is 0.913. The number of carbonyl (C=O) groups excluding carboxylic acids is 1. The van der Waals surface area contributed by atoms with Gasteiger partial charge >= 0.3 is 6.18 Å². The summed E-state index contributed by atoms with van der Waals surface area (Å²) in [6, 6.07) is 7.63. The zero-order valence-corrected chi connectivity index (χ0v) is 19.7. The van der Waals surface area contributed by atoms with Crippen LogP contribution >= 0.6 is 0 Å². The van der Waals surface area contributed by atoms with Gasteiger partial charge in [0, 0.05) is 30.8 Å². The third-order valence-electron chi connectivity index (χ3n) is 5.99. The van der Waals surface area contributed by atoms with Gasteiger partial charge in [0.25, 0.3) is 0 Å². The Morgan fingerprint density at radius 1 is 1.24 bits per heavy atom. The van der Waals surface area contributed by atoms with Gasteiger partial charge in [-0.25, -0.2) is 9.97 Å². The van der Waals surface area contributed by atoms with E-state index in [2.05, 4.69) is 15.3 Å². The summed E-state index contributed by atoms with van der Waals surface area (Å²) in [4.78, 5) is 22.9. The van der Waals surface area contributed by atoms with Crippen LogP contribution in [0.1, 0.15) is 56.4 Å². The second kappa shape index (κ2) is 10.6. The second-order valence-electron chi connectivity index (χ2n) is 9.68. The smallest absolute Gasteiger partial charge is 0.324 e. The molecule has 0 aliphatic heterocycles. The number of nitrogens with zero attached hydrogens (tertiary/aromatic N) is 3. The van der Waals surface area contributed by atoms with E-state index in [0.29, 0.717) is 12.1 Å². The highest BCUT2D eigenvalue weighted by molar-refractivity contribution is 5.81. The van der Waals surface area contributed by atoms with Crippen LogP contribution in [0, 0.1) is 17.8 Å². The average molecular weight is 463 g/mol. The van der Waals surface area contributed by atoms with Gasteiger partial charge in [-0.15, -0.1) is 0 Å². The lowest BCUT2D eigenvalue weighted by atomic mass is 9.84. The number of rotatable bonds is 9. The van der Waals surface area contributed by atoms with Crippen molar-refractivity contribution in [2.45, 2.75) is 58.7 Å². The van der Waals surface area contributed by atoms with Crippen LogP contribution in [0.25, 0.3) is 0 Å². The predicted octanol–water partition coefficient (Wildman–Crippen LogP) is 5.87. The van der Waals surface area contributed by atoms with Gasteiger partial charge in [-0.1, -0.05) is 32.4 Å². The molecule has 1 aliphatic rings. The number of alkyl halides is 3. The zero-order valence-electron chi connectivity index (χ0n) is 19.7. The first-order chi connectivity index (χ1) is 15.5. The normalized spacial score (nSPS) is 18.8. The van der Waals surface area contributed by atoms with Crippen molar-refractivity contribution in [3.63, 3.8) is 0 Å². The molecular weight excluding hydrogens is 429 g/mol. The lowest BCUT2D eigenvalue weighted by Gasteiger charge is -2.21. The van der Waals surface area contributed by atoms with E-state index in [-0.39, 0.29) is 41.6 Å². The molecule has 1 aliphatic carbocycles. The number of Topliss-reactive ketones (excluding diaryl/α,β-unsaturated/α-hetero) is 1. The van der Waals surface area contributed by atoms with E-state index in [9.17, 15) is 18.0 Å². The van der Waals surface area contributed by atoms with Crippen LogP contribution in [-0.2, 0) is 23.9 Å². The molecule has 5 nitrogen and oxygen atoms in total. The number of benzene rings is 1. The maximum atomic E-state index is 13.7. The quantitative estimate of drug-likeness (QED) is 0.505. The van der Waals surface area contributed by atoms with E-state index in [1.54, 1.807) is 0 Å². The van der Waals surface area contributed by atoms with Gasteiger partial charge in [0.05, 0.1) is 11.3 Å². The molecule has 1 aromatic carbocycles. The van der Waals surface area contributed by atoms with Crippen molar-refractivity contribution in [1.29, 1.82) is 0 Å². The van der Waals surface area contributed by atoms with E-state index < -0.39 is 11.7 Å². The molecule has 0 amide bonds. The molecule has 0 unspecified atom stereocenters. The fraction of sp³-hybridized carbons (Fsp3) is 0.560. The minimum atomic E-state index is -4.55. The lowest BCUT2D eigenvalue weighted by molar-refractivity contribution is -0.138. The Morgan fingerprint density at radius 2 is 2.00 bits per heavy atom. The topological polar surface area (TPSA) is 58.1 Å². The van der Waals surface area contributed by atoms with E-state index in [1.807, 2.05) is 57.1 Å². The molecule has 3 rings (SSSR count). The summed E-state index contributed by atoms with van der Waals surface area (Å²) in [7, 11) is 3.93. The molecule has 2 aromatic rings. The summed E-state index contributed by atoms with van der Waals surface area (Å²) in [6.45, 7) is 4.71. The van der Waals surface area contributed by atoms with E-state index >= 15 is 0 Å². The molecule has 2 atom stereocenters. The lowest BCUT2D eigenvalue weighted by Crippen LogP contribution is -2.24. The molecule has 0 spiro atoms. The predicted molar refractivity (Wildman–Crippen MR) is 123 cm³/mol. The van der Waals surface area contributed by atoms with Crippen LogP contribution in [0.4, 0.5) is 24.8 Å². The van der Waals surface area contributed by atoms with Crippen molar-refractivity contribution in [2.75, 3.05) is 19.4 Å². The SMILES string of the molecule is CC(C)CC(=O)[C@H]1CCC[C@H]1Cc1nc(Nc2cccc(CN(C)C)c2)ncc1C(F)(F)F. The molecule has 1 heterocycles. The maximum Gasteiger partial charge on any atom is 0.419 e. The van der Waals surface area contributed by atoms with Gasteiger partial charge < -0.3 is 10.2 Å². The average Bonchev–Trinajstić information content (AvgIpc) is 3.15. The first-order valence-corrected chi connectivity index (χ1v) is 11.5. The van der Waals surface area contributed by atoms with Crippen molar-refractivity contribution in [1.82, 2.24) is 14.9 Å². The highest BCUT2D eigenvalue weighted by atomic mass is 19.4. The molecule has 1 saturated carbocycles. The molecular formula is C25H33F3N4O. The van der Waals surface area contributed by atoms with Gasteiger partial charge in [-0.05, 0) is 62.9 Å². The molecule has 0 radical (unpaired) electrons. The summed E-state index contributed by atoms with van der Waals surface area (Å²) in [6.07, 6.45) is -0.759. The monoisotopic (exact) mass is 462 g/mol. The number of hydrogen-bond acceptors (Lipinski definition) is 5. The van der Waals surface area contributed by atoms with Crippen LogP contribution in [0.2, 0.25) is 0 Å². The number of carbonyl (C=O) groups is 1. The Hall–Kier alpha value is -2.48. The first kappa shape index (κ1) is 25.1. The van der Waals surface area contributed by atoms with Gasteiger partial charge in [-0.3, -0.25) is 4.79 Å². The Morgan fingerprint density at radius 3 is 2.67 bits per heavy atom. The fourth-order valence-corrected chi connectivity index (χ4v) is 4.62. The highest BCUT2D eigenvalue weighted by Gasteiger charge is 2.38. The Balaban J connectivity index is 1.84. The van der Waals surface area contributed by atoms with Crippen LogP contribution in [0.15, 0.2) is 30.5 Å². The first-order valence-electron chi connectivity index (χ1n) is 11.5. The molecule has 1 fully saturated rings. The van der Waals surface area contributed by atoms with Gasteiger partial charge in [0.2, 0.25) is 5.95 Å². The Kier molecular flexibility index (Phi) is 8.10. The summed E-state index contributed by atoms with van der Waals surface area (Å²) < 4.78 is 41.1.